The van der Waals surface area contributed by atoms with E-state index in [0.717, 1.165) is 0 Å². The molecule has 3 rings (SSSR count). The summed E-state index contributed by atoms with van der Waals surface area (Å²) >= 11 is 0. The number of halogens is 2. The number of H-pyrrole nitrogens is 1. The normalized spacial score (nSPS) is 12.0. The van der Waals surface area contributed by atoms with Gasteiger partial charge in [0.15, 0.2) is 17.3 Å². The summed E-state index contributed by atoms with van der Waals surface area (Å²) in [6, 6.07) is 7.47. The van der Waals surface area contributed by atoms with Gasteiger partial charge in [-0.1, -0.05) is 18.2 Å². The number of hydrogen-bond acceptors (Lipinski definition) is 6. The standard InChI is InChI=1S/C19H16F2N2O6/c20-15-10(8-14-17(24)23-19(27)29-14)3-6-13(16(15)21)28-11-4-1-9(2-5-11)7-12(22)18(25)26/h1-6,12,24H,7-8,22H2,(H,23,27)(H,25,26). The molecule has 3 aromatic rings. The molecule has 0 aliphatic carbocycles. The summed E-state index contributed by atoms with van der Waals surface area (Å²) in [6.45, 7) is 0. The van der Waals surface area contributed by atoms with Crippen molar-refractivity contribution in [1.82, 2.24) is 4.98 Å². The van der Waals surface area contributed by atoms with Crippen molar-refractivity contribution in [3.63, 3.8) is 0 Å². The number of hydrogen-bond donors (Lipinski definition) is 4. The number of ether oxygens (including phenoxy) is 1. The molecule has 0 fully saturated rings. The minimum Gasteiger partial charge on any atom is -0.492 e. The average Bonchev–Trinajstić information content (AvgIpc) is 2.99. The predicted molar refractivity (Wildman–Crippen MR) is 96.0 cm³/mol. The molecule has 5 N–H and O–H groups in total. The molecule has 1 heterocycles. The summed E-state index contributed by atoms with van der Waals surface area (Å²) in [6.07, 6.45) is -0.235. The largest absolute Gasteiger partial charge is 0.492 e. The molecule has 2 aromatic carbocycles. The minimum absolute atomic E-state index is 0.107. The SMILES string of the molecule is NC(Cc1ccc(Oc2ccc(Cc3oc(=O)[nH]c3O)c(F)c2F)cc1)C(=O)O. The van der Waals surface area contributed by atoms with Gasteiger partial charge in [-0.15, -0.1) is 0 Å². The highest BCUT2D eigenvalue weighted by Crippen LogP contribution is 2.29. The average molecular weight is 406 g/mol. The second-order valence-corrected chi connectivity index (χ2v) is 6.21. The number of aromatic amines is 1. The summed E-state index contributed by atoms with van der Waals surface area (Å²) in [5, 5.41) is 18.3. The van der Waals surface area contributed by atoms with Crippen LogP contribution in [0.2, 0.25) is 0 Å². The van der Waals surface area contributed by atoms with Crippen molar-refractivity contribution < 1.29 is 32.9 Å². The van der Waals surface area contributed by atoms with Gasteiger partial charge in [0.25, 0.3) is 0 Å². The van der Waals surface area contributed by atoms with E-state index in [1.54, 1.807) is 12.1 Å². The van der Waals surface area contributed by atoms with Crippen LogP contribution in [-0.2, 0) is 17.6 Å². The Kier molecular flexibility index (Phi) is 5.64. The molecule has 0 saturated heterocycles. The molecule has 1 aromatic heterocycles. The van der Waals surface area contributed by atoms with E-state index < -0.39 is 35.3 Å². The Balaban J connectivity index is 1.75. The van der Waals surface area contributed by atoms with Crippen molar-refractivity contribution in [1.29, 1.82) is 0 Å². The van der Waals surface area contributed by atoms with E-state index in [1.165, 1.54) is 24.3 Å². The first-order chi connectivity index (χ1) is 13.7. The highest BCUT2D eigenvalue weighted by molar-refractivity contribution is 5.73. The second-order valence-electron chi connectivity index (χ2n) is 6.21. The van der Waals surface area contributed by atoms with Crippen LogP contribution in [-0.4, -0.2) is 27.2 Å². The summed E-state index contributed by atoms with van der Waals surface area (Å²) in [5.74, 6) is -5.46. The number of carboxylic acids is 1. The van der Waals surface area contributed by atoms with Crippen LogP contribution in [0.25, 0.3) is 0 Å². The monoisotopic (exact) mass is 406 g/mol. The zero-order valence-electron chi connectivity index (χ0n) is 14.8. The van der Waals surface area contributed by atoms with Gasteiger partial charge < -0.3 is 25.1 Å². The zero-order valence-corrected chi connectivity index (χ0v) is 14.8. The fourth-order valence-corrected chi connectivity index (χ4v) is 2.59. The first-order valence-electron chi connectivity index (χ1n) is 8.37. The number of oxazole rings is 1. The van der Waals surface area contributed by atoms with Crippen LogP contribution in [0.5, 0.6) is 17.4 Å². The quantitative estimate of drug-likeness (QED) is 0.472. The highest BCUT2D eigenvalue weighted by Gasteiger charge is 2.19. The molecule has 8 nitrogen and oxygen atoms in total. The molecule has 1 unspecified atom stereocenters. The van der Waals surface area contributed by atoms with E-state index in [1.807, 2.05) is 4.98 Å². The van der Waals surface area contributed by atoms with E-state index in [-0.39, 0.29) is 35.7 Å². The number of aromatic nitrogens is 1. The van der Waals surface area contributed by atoms with E-state index in [2.05, 4.69) is 4.42 Å². The lowest BCUT2D eigenvalue weighted by Crippen LogP contribution is -2.32. The molecule has 0 radical (unpaired) electrons. The molecule has 0 spiro atoms. The maximum Gasteiger partial charge on any atom is 0.419 e. The van der Waals surface area contributed by atoms with Crippen molar-refractivity contribution >= 4 is 5.97 Å². The molecule has 0 amide bonds. The van der Waals surface area contributed by atoms with Crippen molar-refractivity contribution in [3.05, 3.63) is 75.5 Å². The van der Waals surface area contributed by atoms with Gasteiger partial charge >= 0.3 is 11.7 Å². The molecular formula is C19H16F2N2O6. The lowest BCUT2D eigenvalue weighted by Gasteiger charge is -2.11. The number of nitrogens with two attached hydrogens (primary N) is 1. The Hall–Kier alpha value is -3.66. The van der Waals surface area contributed by atoms with Gasteiger partial charge in [-0.3, -0.25) is 9.78 Å². The van der Waals surface area contributed by atoms with Gasteiger partial charge in [0.2, 0.25) is 11.7 Å². The zero-order chi connectivity index (χ0) is 21.1. The molecule has 0 aliphatic heterocycles. The fraction of sp³-hybridized carbons (Fsp3) is 0.158. The molecule has 152 valence electrons. The summed E-state index contributed by atoms with van der Waals surface area (Å²) in [5.41, 5.74) is 5.96. The first kappa shape index (κ1) is 20.1. The molecule has 10 heteroatoms. The van der Waals surface area contributed by atoms with E-state index in [4.69, 9.17) is 15.6 Å². The van der Waals surface area contributed by atoms with Crippen molar-refractivity contribution in [3.8, 4) is 17.4 Å². The van der Waals surface area contributed by atoms with Crippen LogP contribution < -0.4 is 16.2 Å². The van der Waals surface area contributed by atoms with Gasteiger partial charge in [0.05, 0.1) is 0 Å². The maximum atomic E-state index is 14.4. The number of aromatic hydroxyl groups is 1. The first-order valence-corrected chi connectivity index (χ1v) is 8.37. The molecule has 0 saturated carbocycles. The van der Waals surface area contributed by atoms with Gasteiger partial charge in [0, 0.05) is 6.42 Å². The lowest BCUT2D eigenvalue weighted by atomic mass is 10.1. The predicted octanol–water partition coefficient (Wildman–Crippen LogP) is 2.29. The number of aliphatic carboxylic acids is 1. The minimum atomic E-state index is -1.25. The van der Waals surface area contributed by atoms with Crippen LogP contribution >= 0.6 is 0 Å². The summed E-state index contributed by atoms with van der Waals surface area (Å²) < 4.78 is 38.7. The maximum absolute atomic E-state index is 14.4. The second kappa shape index (κ2) is 8.15. The number of benzene rings is 2. The van der Waals surface area contributed by atoms with Crippen LogP contribution in [0.15, 0.2) is 45.6 Å². The smallest absolute Gasteiger partial charge is 0.419 e. The fourth-order valence-electron chi connectivity index (χ4n) is 2.59. The van der Waals surface area contributed by atoms with Crippen LogP contribution in [0, 0.1) is 11.6 Å². The summed E-state index contributed by atoms with van der Waals surface area (Å²) in [7, 11) is 0. The van der Waals surface area contributed by atoms with E-state index in [0.29, 0.717) is 5.56 Å². The Morgan fingerprint density at radius 1 is 1.17 bits per heavy atom. The number of carbonyl (C=O) groups is 1. The molecular weight excluding hydrogens is 390 g/mol. The Labute approximate surface area is 162 Å². The van der Waals surface area contributed by atoms with Gasteiger partial charge in [-0.05, 0) is 35.7 Å². The number of rotatable bonds is 7. The van der Waals surface area contributed by atoms with Crippen LogP contribution in [0.3, 0.4) is 0 Å². The van der Waals surface area contributed by atoms with Crippen molar-refractivity contribution in [2.24, 2.45) is 5.73 Å². The lowest BCUT2D eigenvalue weighted by molar-refractivity contribution is -0.138. The molecule has 1 atom stereocenters. The Morgan fingerprint density at radius 3 is 2.45 bits per heavy atom. The van der Waals surface area contributed by atoms with Crippen LogP contribution in [0.4, 0.5) is 8.78 Å². The van der Waals surface area contributed by atoms with Crippen molar-refractivity contribution in [2.75, 3.05) is 0 Å². The van der Waals surface area contributed by atoms with Gasteiger partial charge in [0.1, 0.15) is 11.8 Å². The van der Waals surface area contributed by atoms with Gasteiger partial charge in [-0.2, -0.15) is 4.39 Å². The Morgan fingerprint density at radius 2 is 1.86 bits per heavy atom. The van der Waals surface area contributed by atoms with E-state index >= 15 is 0 Å². The third-order valence-electron chi connectivity index (χ3n) is 4.10. The molecule has 29 heavy (non-hydrogen) atoms. The third kappa shape index (κ3) is 4.61. The number of carboxylic acid groups (broad SMARTS) is 1. The highest BCUT2D eigenvalue weighted by atomic mass is 19.2. The topological polar surface area (TPSA) is 139 Å². The third-order valence-corrected chi connectivity index (χ3v) is 4.10. The number of nitrogens with one attached hydrogen (secondary N) is 1. The van der Waals surface area contributed by atoms with Crippen molar-refractivity contribution in [2.45, 2.75) is 18.9 Å². The Bertz CT molecular complexity index is 1090. The van der Waals surface area contributed by atoms with Crippen LogP contribution in [0.1, 0.15) is 16.9 Å². The summed E-state index contributed by atoms with van der Waals surface area (Å²) in [4.78, 5) is 23.8. The van der Waals surface area contributed by atoms with Gasteiger partial charge in [-0.25, -0.2) is 9.18 Å². The molecule has 0 aliphatic rings. The molecule has 0 bridgehead atoms. The van der Waals surface area contributed by atoms with E-state index in [9.17, 15) is 23.5 Å².